The highest BCUT2D eigenvalue weighted by molar-refractivity contribution is 7.25. The van der Waals surface area contributed by atoms with E-state index in [1.54, 1.807) is 0 Å². The number of anilines is 3. The van der Waals surface area contributed by atoms with Crippen molar-refractivity contribution in [2.75, 3.05) is 4.90 Å². The molecule has 1 heterocycles. The third kappa shape index (κ3) is 3.30. The zero-order chi connectivity index (χ0) is 20.0. The van der Waals surface area contributed by atoms with E-state index in [0.29, 0.717) is 0 Å². The normalized spacial score (nSPS) is 11.3. The summed E-state index contributed by atoms with van der Waals surface area (Å²) < 4.78 is 2.68. The molecule has 0 aliphatic heterocycles. The molecule has 29 heavy (non-hydrogen) atoms. The van der Waals surface area contributed by atoms with Crippen LogP contribution in [0.2, 0.25) is 0 Å². The first-order valence-electron chi connectivity index (χ1n) is 9.95. The molecule has 0 aliphatic carbocycles. The lowest BCUT2D eigenvalue weighted by atomic mass is 10.1. The highest BCUT2D eigenvalue weighted by atomic mass is 32.1. The molecule has 0 saturated carbocycles. The van der Waals surface area contributed by atoms with Crippen molar-refractivity contribution in [3.63, 3.8) is 0 Å². The van der Waals surface area contributed by atoms with Crippen LogP contribution in [0.4, 0.5) is 17.1 Å². The van der Waals surface area contributed by atoms with Gasteiger partial charge in [0.2, 0.25) is 0 Å². The summed E-state index contributed by atoms with van der Waals surface area (Å²) in [6.45, 7) is 6.44. The summed E-state index contributed by atoms with van der Waals surface area (Å²) in [6, 6.07) is 31.1. The minimum atomic E-state index is 1.18. The molecular weight excluding hydrogens is 370 g/mol. The quantitative estimate of drug-likeness (QED) is 0.297. The molecule has 1 aromatic heterocycles. The van der Waals surface area contributed by atoms with E-state index in [2.05, 4.69) is 111 Å². The van der Waals surface area contributed by atoms with Gasteiger partial charge in [0, 0.05) is 37.2 Å². The van der Waals surface area contributed by atoms with Gasteiger partial charge < -0.3 is 4.90 Å². The van der Waals surface area contributed by atoms with Gasteiger partial charge in [-0.3, -0.25) is 0 Å². The second-order valence-electron chi connectivity index (χ2n) is 7.79. The summed E-state index contributed by atoms with van der Waals surface area (Å²) in [5.74, 6) is 0. The maximum absolute atomic E-state index is 2.35. The maximum atomic E-state index is 2.35. The summed E-state index contributed by atoms with van der Waals surface area (Å²) >= 11 is 1.88. The van der Waals surface area contributed by atoms with E-state index in [1.165, 1.54) is 53.9 Å². The number of hydrogen-bond donors (Lipinski definition) is 0. The van der Waals surface area contributed by atoms with Gasteiger partial charge in [0.05, 0.1) is 0 Å². The number of thiophene rings is 1. The fourth-order valence-corrected chi connectivity index (χ4v) is 5.16. The van der Waals surface area contributed by atoms with Crippen LogP contribution in [-0.2, 0) is 0 Å². The molecule has 0 radical (unpaired) electrons. The number of benzene rings is 4. The second kappa shape index (κ2) is 7.06. The van der Waals surface area contributed by atoms with Gasteiger partial charge in [-0.15, -0.1) is 11.3 Å². The van der Waals surface area contributed by atoms with Gasteiger partial charge >= 0.3 is 0 Å². The third-order valence-electron chi connectivity index (χ3n) is 5.42. The molecule has 0 bridgehead atoms. The Kier molecular flexibility index (Phi) is 4.37. The first kappa shape index (κ1) is 18.0. The van der Waals surface area contributed by atoms with Crippen LogP contribution >= 0.6 is 11.3 Å². The van der Waals surface area contributed by atoms with Gasteiger partial charge in [-0.2, -0.15) is 0 Å². The first-order chi connectivity index (χ1) is 14.1. The van der Waals surface area contributed by atoms with Crippen LogP contribution in [-0.4, -0.2) is 0 Å². The molecule has 0 aliphatic rings. The Morgan fingerprint density at radius 3 is 1.86 bits per heavy atom. The number of rotatable bonds is 3. The molecule has 1 nitrogen and oxygen atoms in total. The summed E-state index contributed by atoms with van der Waals surface area (Å²) in [7, 11) is 0. The van der Waals surface area contributed by atoms with Gasteiger partial charge in [0.15, 0.2) is 0 Å². The molecule has 2 heteroatoms. The Hall–Kier alpha value is -3.10. The smallest absolute Gasteiger partial charge is 0.0476 e. The molecule has 0 spiro atoms. The van der Waals surface area contributed by atoms with Crippen LogP contribution in [0.25, 0.3) is 20.2 Å². The van der Waals surface area contributed by atoms with E-state index in [9.17, 15) is 0 Å². The van der Waals surface area contributed by atoms with E-state index in [-0.39, 0.29) is 0 Å². The number of aryl methyl sites for hydroxylation is 3. The molecule has 0 fully saturated rings. The zero-order valence-electron chi connectivity index (χ0n) is 16.9. The lowest BCUT2D eigenvalue weighted by Crippen LogP contribution is -2.09. The van der Waals surface area contributed by atoms with Crippen LogP contribution in [0, 0.1) is 20.8 Å². The molecular formula is C27H23NS. The molecule has 5 aromatic rings. The van der Waals surface area contributed by atoms with Crippen molar-refractivity contribution in [3.05, 3.63) is 102 Å². The Morgan fingerprint density at radius 2 is 1.10 bits per heavy atom. The number of fused-ring (bicyclic) bond motifs is 3. The SMILES string of the molecule is Cc1ccc(N(c2cccc(C)c2)c2ccc3c(c2)sc2cc(C)ccc23)cc1. The topological polar surface area (TPSA) is 3.24 Å². The standard InChI is InChI=1S/C27H23NS/c1-18-7-10-21(11-8-18)28(22-6-4-5-19(2)15-22)23-12-14-25-24-13-9-20(3)16-26(24)29-27(25)17-23/h4-17H,1-3H3. The number of hydrogen-bond acceptors (Lipinski definition) is 2. The Morgan fingerprint density at radius 1 is 0.517 bits per heavy atom. The van der Waals surface area contributed by atoms with Crippen LogP contribution in [0.3, 0.4) is 0 Å². The average Bonchev–Trinajstić information content (AvgIpc) is 3.06. The van der Waals surface area contributed by atoms with Gasteiger partial charge in [-0.1, -0.05) is 48.0 Å². The Bertz CT molecular complexity index is 1330. The first-order valence-corrected chi connectivity index (χ1v) is 10.8. The molecule has 0 N–H and O–H groups in total. The summed E-state index contributed by atoms with van der Waals surface area (Å²) in [4.78, 5) is 2.35. The molecule has 4 aromatic carbocycles. The van der Waals surface area contributed by atoms with E-state index in [0.717, 1.165) is 0 Å². The van der Waals surface area contributed by atoms with Crippen molar-refractivity contribution in [1.29, 1.82) is 0 Å². The van der Waals surface area contributed by atoms with Crippen LogP contribution < -0.4 is 4.90 Å². The predicted molar refractivity (Wildman–Crippen MR) is 128 cm³/mol. The molecule has 0 saturated heterocycles. The van der Waals surface area contributed by atoms with Crippen molar-refractivity contribution in [2.24, 2.45) is 0 Å². The Labute approximate surface area is 175 Å². The highest BCUT2D eigenvalue weighted by Gasteiger charge is 2.14. The second-order valence-corrected chi connectivity index (χ2v) is 8.88. The number of nitrogens with zero attached hydrogens (tertiary/aromatic N) is 1. The minimum absolute atomic E-state index is 1.18. The van der Waals surface area contributed by atoms with E-state index in [1.807, 2.05) is 11.3 Å². The molecule has 0 unspecified atom stereocenters. The van der Waals surface area contributed by atoms with Crippen molar-refractivity contribution < 1.29 is 0 Å². The lowest BCUT2D eigenvalue weighted by Gasteiger charge is -2.26. The highest BCUT2D eigenvalue weighted by Crippen LogP contribution is 2.40. The average molecular weight is 394 g/mol. The third-order valence-corrected chi connectivity index (χ3v) is 6.54. The summed E-state index contributed by atoms with van der Waals surface area (Å²) in [5, 5.41) is 2.68. The van der Waals surface area contributed by atoms with Gasteiger partial charge in [0.1, 0.15) is 0 Å². The van der Waals surface area contributed by atoms with E-state index < -0.39 is 0 Å². The molecule has 0 amide bonds. The fourth-order valence-electron chi connectivity index (χ4n) is 3.92. The molecule has 5 rings (SSSR count). The van der Waals surface area contributed by atoms with Crippen LogP contribution in [0.5, 0.6) is 0 Å². The molecule has 142 valence electrons. The lowest BCUT2D eigenvalue weighted by molar-refractivity contribution is 1.27. The van der Waals surface area contributed by atoms with E-state index in [4.69, 9.17) is 0 Å². The predicted octanol–water partition coefficient (Wildman–Crippen LogP) is 8.45. The Balaban J connectivity index is 1.71. The van der Waals surface area contributed by atoms with Crippen LogP contribution in [0.1, 0.15) is 16.7 Å². The van der Waals surface area contributed by atoms with Crippen molar-refractivity contribution in [3.8, 4) is 0 Å². The van der Waals surface area contributed by atoms with Crippen molar-refractivity contribution in [2.45, 2.75) is 20.8 Å². The van der Waals surface area contributed by atoms with Gasteiger partial charge in [0.25, 0.3) is 0 Å². The van der Waals surface area contributed by atoms with E-state index >= 15 is 0 Å². The maximum Gasteiger partial charge on any atom is 0.0476 e. The van der Waals surface area contributed by atoms with Crippen molar-refractivity contribution in [1.82, 2.24) is 0 Å². The molecule has 0 atom stereocenters. The fraction of sp³-hybridized carbons (Fsp3) is 0.111. The van der Waals surface area contributed by atoms with Gasteiger partial charge in [-0.25, -0.2) is 0 Å². The van der Waals surface area contributed by atoms with Crippen molar-refractivity contribution >= 4 is 48.6 Å². The zero-order valence-corrected chi connectivity index (χ0v) is 17.8. The monoisotopic (exact) mass is 393 g/mol. The van der Waals surface area contributed by atoms with Gasteiger partial charge in [-0.05, 0) is 74.4 Å². The largest absolute Gasteiger partial charge is 0.310 e. The van der Waals surface area contributed by atoms with Crippen LogP contribution in [0.15, 0.2) is 84.9 Å². The summed E-state index contributed by atoms with van der Waals surface area (Å²) in [5.41, 5.74) is 7.40. The minimum Gasteiger partial charge on any atom is -0.310 e. The summed E-state index contributed by atoms with van der Waals surface area (Å²) in [6.07, 6.45) is 0.